The van der Waals surface area contributed by atoms with E-state index in [0.29, 0.717) is 16.7 Å². The highest BCUT2D eigenvalue weighted by Gasteiger charge is 2.16. The Bertz CT molecular complexity index is 1070. The third-order valence-electron chi connectivity index (χ3n) is 4.37. The predicted molar refractivity (Wildman–Crippen MR) is 111 cm³/mol. The SMILES string of the molecule is C=C=C(/C=C(C(=O)O)\C(O)=C/C)c1cc(C)c(-c2ccc(C)cc2)c(C#N)c1. The topological polar surface area (TPSA) is 81.3 Å². The van der Waals surface area contributed by atoms with Crippen molar-refractivity contribution in [2.45, 2.75) is 20.8 Å². The Morgan fingerprint density at radius 3 is 2.29 bits per heavy atom. The summed E-state index contributed by atoms with van der Waals surface area (Å²) in [7, 11) is 0. The van der Waals surface area contributed by atoms with E-state index < -0.39 is 5.97 Å². The number of carboxylic acid groups (broad SMARTS) is 1. The average Bonchev–Trinajstić information content (AvgIpc) is 2.68. The lowest BCUT2D eigenvalue weighted by Crippen LogP contribution is -2.04. The molecule has 0 aliphatic rings. The molecule has 28 heavy (non-hydrogen) atoms. The normalized spacial score (nSPS) is 11.5. The molecule has 0 aliphatic heterocycles. The Balaban J connectivity index is 2.66. The number of benzene rings is 2. The van der Waals surface area contributed by atoms with E-state index >= 15 is 0 Å². The molecule has 140 valence electrons. The molecule has 0 aliphatic carbocycles. The fourth-order valence-electron chi connectivity index (χ4n) is 2.92. The van der Waals surface area contributed by atoms with Crippen molar-refractivity contribution in [3.8, 4) is 17.2 Å². The zero-order valence-electron chi connectivity index (χ0n) is 16.1. The van der Waals surface area contributed by atoms with Gasteiger partial charge in [0.05, 0.1) is 11.6 Å². The van der Waals surface area contributed by atoms with Gasteiger partial charge in [0, 0.05) is 11.1 Å². The van der Waals surface area contributed by atoms with Crippen molar-refractivity contribution in [1.82, 2.24) is 0 Å². The fraction of sp³-hybridized carbons (Fsp3) is 0.125. The molecule has 0 saturated carbocycles. The number of aliphatic hydroxyl groups excluding tert-OH is 1. The summed E-state index contributed by atoms with van der Waals surface area (Å²) in [4.78, 5) is 11.5. The van der Waals surface area contributed by atoms with Crippen molar-refractivity contribution in [2.75, 3.05) is 0 Å². The molecule has 0 unspecified atom stereocenters. The molecule has 4 heteroatoms. The second-order valence-electron chi connectivity index (χ2n) is 6.32. The van der Waals surface area contributed by atoms with Gasteiger partial charge in [0.25, 0.3) is 0 Å². The number of aryl methyl sites for hydroxylation is 2. The molecule has 0 saturated heterocycles. The molecule has 2 aromatic carbocycles. The summed E-state index contributed by atoms with van der Waals surface area (Å²) in [5, 5.41) is 28.9. The zero-order chi connectivity index (χ0) is 20.8. The van der Waals surface area contributed by atoms with Crippen LogP contribution in [0.15, 0.2) is 72.2 Å². The molecule has 2 N–H and O–H groups in total. The van der Waals surface area contributed by atoms with Gasteiger partial charge in [-0.1, -0.05) is 42.5 Å². The monoisotopic (exact) mass is 371 g/mol. The largest absolute Gasteiger partial charge is 0.507 e. The molecule has 0 atom stereocenters. The van der Waals surface area contributed by atoms with Crippen molar-refractivity contribution in [2.24, 2.45) is 0 Å². The van der Waals surface area contributed by atoms with E-state index in [0.717, 1.165) is 22.3 Å². The van der Waals surface area contributed by atoms with Gasteiger partial charge >= 0.3 is 5.97 Å². The van der Waals surface area contributed by atoms with Crippen LogP contribution in [0.2, 0.25) is 0 Å². The van der Waals surface area contributed by atoms with Crippen LogP contribution in [0.3, 0.4) is 0 Å². The number of hydrogen-bond acceptors (Lipinski definition) is 3. The van der Waals surface area contributed by atoms with Gasteiger partial charge in [0.2, 0.25) is 0 Å². The lowest BCUT2D eigenvalue weighted by molar-refractivity contribution is -0.132. The van der Waals surface area contributed by atoms with E-state index in [9.17, 15) is 20.3 Å². The van der Waals surface area contributed by atoms with Crippen LogP contribution < -0.4 is 0 Å². The maximum absolute atomic E-state index is 11.5. The number of allylic oxidation sites excluding steroid dienone is 3. The van der Waals surface area contributed by atoms with Gasteiger partial charge in [-0.3, -0.25) is 0 Å². The highest BCUT2D eigenvalue weighted by molar-refractivity contribution is 5.95. The second kappa shape index (κ2) is 8.73. The summed E-state index contributed by atoms with van der Waals surface area (Å²) in [6, 6.07) is 13.7. The van der Waals surface area contributed by atoms with Crippen LogP contribution in [0.4, 0.5) is 0 Å². The highest BCUT2D eigenvalue weighted by Crippen LogP contribution is 2.31. The molecule has 0 spiro atoms. The summed E-state index contributed by atoms with van der Waals surface area (Å²) < 4.78 is 0. The first-order valence-electron chi connectivity index (χ1n) is 8.65. The zero-order valence-corrected chi connectivity index (χ0v) is 16.1. The molecule has 2 aromatic rings. The van der Waals surface area contributed by atoms with Gasteiger partial charge < -0.3 is 10.2 Å². The number of carboxylic acids is 1. The fourth-order valence-corrected chi connectivity index (χ4v) is 2.92. The van der Waals surface area contributed by atoms with Gasteiger partial charge in [-0.15, -0.1) is 5.73 Å². The molecular weight excluding hydrogens is 350 g/mol. The number of aliphatic carboxylic acids is 1. The number of carbonyl (C=O) groups is 1. The van der Waals surface area contributed by atoms with Crippen molar-refractivity contribution < 1.29 is 15.0 Å². The van der Waals surface area contributed by atoms with Crippen LogP contribution in [-0.2, 0) is 4.79 Å². The van der Waals surface area contributed by atoms with E-state index in [1.165, 1.54) is 19.1 Å². The van der Waals surface area contributed by atoms with Crippen molar-refractivity contribution in [3.63, 3.8) is 0 Å². The molecule has 0 radical (unpaired) electrons. The van der Waals surface area contributed by atoms with E-state index in [1.807, 2.05) is 44.2 Å². The lowest BCUT2D eigenvalue weighted by Gasteiger charge is -2.12. The lowest BCUT2D eigenvalue weighted by atomic mass is 9.90. The van der Waals surface area contributed by atoms with Crippen LogP contribution in [0.1, 0.15) is 29.2 Å². The minimum Gasteiger partial charge on any atom is -0.507 e. The molecular formula is C24H21NO3. The van der Waals surface area contributed by atoms with Gasteiger partial charge in [-0.25, -0.2) is 4.79 Å². The molecule has 0 fully saturated rings. The predicted octanol–water partition coefficient (Wildman–Crippen LogP) is 5.48. The summed E-state index contributed by atoms with van der Waals surface area (Å²) in [6.07, 6.45) is 2.60. The summed E-state index contributed by atoms with van der Waals surface area (Å²) in [6.45, 7) is 9.06. The average molecular weight is 371 g/mol. The van der Waals surface area contributed by atoms with Crippen LogP contribution in [0, 0.1) is 25.2 Å². The smallest absolute Gasteiger partial charge is 0.339 e. The van der Waals surface area contributed by atoms with Crippen molar-refractivity contribution >= 4 is 11.5 Å². The number of aliphatic hydroxyl groups is 1. The molecule has 0 bridgehead atoms. The molecule has 2 rings (SSSR count). The first-order valence-corrected chi connectivity index (χ1v) is 8.65. The minimum atomic E-state index is -1.27. The van der Waals surface area contributed by atoms with Crippen LogP contribution >= 0.6 is 0 Å². The van der Waals surface area contributed by atoms with Gasteiger partial charge in [-0.2, -0.15) is 5.26 Å². The van der Waals surface area contributed by atoms with E-state index in [-0.39, 0.29) is 11.3 Å². The standard InChI is InChI=1S/C24H21NO3/c1-5-17(13-21(24(27)28)22(26)6-2)19-11-16(4)23(20(12-19)14-25)18-9-7-15(3)8-10-18/h6-13,26H,1H2,2-4H3,(H,27,28)/b21-13+,22-6+. The van der Waals surface area contributed by atoms with Crippen molar-refractivity contribution in [3.05, 3.63) is 94.4 Å². The number of nitrogens with zero attached hydrogens (tertiary/aromatic N) is 1. The Hall–Kier alpha value is -3.80. The Kier molecular flexibility index (Phi) is 6.39. The number of rotatable bonds is 5. The van der Waals surface area contributed by atoms with Crippen molar-refractivity contribution in [1.29, 1.82) is 5.26 Å². The third kappa shape index (κ3) is 4.29. The van der Waals surface area contributed by atoms with Gasteiger partial charge in [0.1, 0.15) is 11.3 Å². The Morgan fingerprint density at radius 1 is 1.14 bits per heavy atom. The maximum atomic E-state index is 11.5. The molecule has 4 nitrogen and oxygen atoms in total. The summed E-state index contributed by atoms with van der Waals surface area (Å²) in [5.74, 6) is -1.62. The third-order valence-corrected chi connectivity index (χ3v) is 4.37. The van der Waals surface area contributed by atoms with Gasteiger partial charge in [0.15, 0.2) is 0 Å². The minimum absolute atomic E-state index is 0.271. The van der Waals surface area contributed by atoms with E-state index in [4.69, 9.17) is 0 Å². The van der Waals surface area contributed by atoms with Crippen LogP contribution in [0.25, 0.3) is 16.7 Å². The Morgan fingerprint density at radius 2 is 1.79 bits per heavy atom. The first-order chi connectivity index (χ1) is 13.3. The quantitative estimate of drug-likeness (QED) is 0.315. The molecule has 0 heterocycles. The molecule has 0 amide bonds. The highest BCUT2D eigenvalue weighted by atomic mass is 16.4. The van der Waals surface area contributed by atoms with Crippen LogP contribution in [-0.4, -0.2) is 16.2 Å². The second-order valence-corrected chi connectivity index (χ2v) is 6.32. The summed E-state index contributed by atoms with van der Waals surface area (Å²) in [5.41, 5.74) is 7.63. The van der Waals surface area contributed by atoms with Crippen LogP contribution in [0.5, 0.6) is 0 Å². The van der Waals surface area contributed by atoms with E-state index in [1.54, 1.807) is 6.07 Å². The maximum Gasteiger partial charge on any atom is 0.339 e. The van der Waals surface area contributed by atoms with Gasteiger partial charge in [-0.05, 0) is 55.7 Å². The number of hydrogen-bond donors (Lipinski definition) is 2. The number of nitriles is 1. The summed E-state index contributed by atoms with van der Waals surface area (Å²) >= 11 is 0. The first kappa shape index (κ1) is 20.5. The Labute approximate surface area is 164 Å². The van der Waals surface area contributed by atoms with E-state index in [2.05, 4.69) is 18.4 Å². The molecule has 0 aromatic heterocycles.